The van der Waals surface area contributed by atoms with Gasteiger partial charge < -0.3 is 9.47 Å². The van der Waals surface area contributed by atoms with Crippen LogP contribution in [0.25, 0.3) is 0 Å². The molecule has 0 aromatic carbocycles. The first-order chi connectivity index (χ1) is 6.50. The molecule has 0 heterocycles. The van der Waals surface area contributed by atoms with Crippen molar-refractivity contribution < 1.29 is 19.1 Å². The Morgan fingerprint density at radius 3 is 2.43 bits per heavy atom. The fourth-order valence-electron chi connectivity index (χ4n) is 1.26. The summed E-state index contributed by atoms with van der Waals surface area (Å²) in [5.74, 6) is -0.562. The molecule has 0 N–H and O–H groups in total. The maximum Gasteiger partial charge on any atom is 0.303 e. The molecule has 1 rings (SSSR count). The molecule has 0 aromatic heterocycles. The van der Waals surface area contributed by atoms with E-state index in [2.05, 4.69) is 6.58 Å². The molecular formula is C10H14O4. The van der Waals surface area contributed by atoms with Crippen molar-refractivity contribution in [3.8, 4) is 0 Å². The van der Waals surface area contributed by atoms with Crippen LogP contribution >= 0.6 is 0 Å². The van der Waals surface area contributed by atoms with E-state index in [1.54, 1.807) is 0 Å². The third kappa shape index (κ3) is 3.20. The maximum atomic E-state index is 10.7. The number of hydrogen-bond donors (Lipinski definition) is 0. The van der Waals surface area contributed by atoms with E-state index in [1.165, 1.54) is 13.8 Å². The van der Waals surface area contributed by atoms with Gasteiger partial charge in [0.25, 0.3) is 0 Å². The lowest BCUT2D eigenvalue weighted by Crippen LogP contribution is -2.25. The van der Waals surface area contributed by atoms with Crippen LogP contribution in [-0.2, 0) is 19.1 Å². The first-order valence-electron chi connectivity index (χ1n) is 4.49. The summed E-state index contributed by atoms with van der Waals surface area (Å²) in [6, 6.07) is 0. The monoisotopic (exact) mass is 198 g/mol. The highest BCUT2D eigenvalue weighted by Gasteiger charge is 2.38. The van der Waals surface area contributed by atoms with Gasteiger partial charge in [-0.25, -0.2) is 0 Å². The normalized spacial score (nSPS) is 21.3. The van der Waals surface area contributed by atoms with Crippen molar-refractivity contribution in [3.63, 3.8) is 0 Å². The van der Waals surface area contributed by atoms with Crippen LogP contribution in [0.1, 0.15) is 20.3 Å². The maximum absolute atomic E-state index is 10.7. The van der Waals surface area contributed by atoms with Gasteiger partial charge >= 0.3 is 11.9 Å². The summed E-state index contributed by atoms with van der Waals surface area (Å²) in [5.41, 5.74) is 1.04. The molecule has 0 spiro atoms. The average Bonchev–Trinajstić information content (AvgIpc) is 2.75. The van der Waals surface area contributed by atoms with Crippen molar-refractivity contribution in [1.29, 1.82) is 0 Å². The van der Waals surface area contributed by atoms with E-state index in [-0.39, 0.29) is 30.6 Å². The molecule has 0 aliphatic heterocycles. The number of carbonyl (C=O) groups is 2. The van der Waals surface area contributed by atoms with Crippen molar-refractivity contribution >= 4 is 11.9 Å². The van der Waals surface area contributed by atoms with E-state index < -0.39 is 0 Å². The predicted octanol–water partition coefficient (Wildman–Crippen LogP) is 1.06. The fraction of sp³-hybridized carbons (Fsp3) is 0.600. The Bertz CT molecular complexity index is 269. The van der Waals surface area contributed by atoms with Gasteiger partial charge in [-0.2, -0.15) is 0 Å². The summed E-state index contributed by atoms with van der Waals surface area (Å²) in [5, 5.41) is 0. The summed E-state index contributed by atoms with van der Waals surface area (Å²) < 4.78 is 9.82. The Hall–Kier alpha value is -1.32. The molecule has 14 heavy (non-hydrogen) atoms. The Kier molecular flexibility index (Phi) is 3.28. The zero-order valence-electron chi connectivity index (χ0n) is 8.41. The summed E-state index contributed by atoms with van der Waals surface area (Å²) >= 11 is 0. The number of ether oxygens (including phenoxy) is 2. The smallest absolute Gasteiger partial charge is 0.303 e. The zero-order valence-corrected chi connectivity index (χ0v) is 8.41. The van der Waals surface area contributed by atoms with E-state index in [9.17, 15) is 9.59 Å². The van der Waals surface area contributed by atoms with Gasteiger partial charge in [0.2, 0.25) is 0 Å². The summed E-state index contributed by atoms with van der Waals surface area (Å²) in [6.45, 7) is 6.56. The fourth-order valence-corrected chi connectivity index (χ4v) is 1.26. The van der Waals surface area contributed by atoms with Gasteiger partial charge in [-0.3, -0.25) is 9.59 Å². The minimum atomic E-state index is -0.367. The van der Waals surface area contributed by atoms with E-state index in [0.29, 0.717) is 0 Å². The number of carbonyl (C=O) groups excluding carboxylic acids is 2. The molecule has 1 aliphatic carbocycles. The van der Waals surface area contributed by atoms with E-state index >= 15 is 0 Å². The van der Waals surface area contributed by atoms with Crippen LogP contribution in [0, 0.1) is 5.92 Å². The molecule has 0 unspecified atom stereocenters. The van der Waals surface area contributed by atoms with Crippen LogP contribution in [0.5, 0.6) is 0 Å². The van der Waals surface area contributed by atoms with Crippen LogP contribution in [0.15, 0.2) is 12.2 Å². The number of rotatable bonds is 4. The Morgan fingerprint density at radius 1 is 1.50 bits per heavy atom. The zero-order chi connectivity index (χ0) is 10.7. The first-order valence-corrected chi connectivity index (χ1v) is 4.49. The van der Waals surface area contributed by atoms with Crippen LogP contribution < -0.4 is 0 Å². The lowest BCUT2D eigenvalue weighted by Gasteiger charge is -2.15. The molecule has 0 bridgehead atoms. The largest absolute Gasteiger partial charge is 0.462 e. The molecule has 0 aromatic rings. The summed E-state index contributed by atoms with van der Waals surface area (Å²) in [7, 11) is 0. The van der Waals surface area contributed by atoms with Crippen molar-refractivity contribution in [2.45, 2.75) is 26.4 Å². The third-order valence-corrected chi connectivity index (χ3v) is 2.06. The van der Waals surface area contributed by atoms with E-state index in [4.69, 9.17) is 9.47 Å². The first kappa shape index (κ1) is 10.8. The quantitative estimate of drug-likeness (QED) is 0.500. The van der Waals surface area contributed by atoms with Gasteiger partial charge in [0, 0.05) is 19.8 Å². The third-order valence-electron chi connectivity index (χ3n) is 2.06. The van der Waals surface area contributed by atoms with Crippen molar-refractivity contribution in [1.82, 2.24) is 0 Å². The van der Waals surface area contributed by atoms with Crippen molar-refractivity contribution in [2.24, 2.45) is 5.92 Å². The number of esters is 2. The van der Waals surface area contributed by atoms with E-state index in [0.717, 1.165) is 12.0 Å². The second kappa shape index (κ2) is 4.26. The lowest BCUT2D eigenvalue weighted by atomic mass is 10.2. The highest BCUT2D eigenvalue weighted by atomic mass is 16.6. The molecule has 1 aliphatic rings. The molecule has 0 radical (unpaired) electrons. The topological polar surface area (TPSA) is 52.6 Å². The van der Waals surface area contributed by atoms with Crippen LogP contribution in [0.4, 0.5) is 0 Å². The Morgan fingerprint density at radius 2 is 2.07 bits per heavy atom. The Balaban J connectivity index is 2.40. The van der Waals surface area contributed by atoms with Crippen LogP contribution in [-0.4, -0.2) is 24.6 Å². The SMILES string of the molecule is C=C1C[C@H]1[C@H](COC(C)=O)OC(C)=O. The minimum Gasteiger partial charge on any atom is -0.462 e. The molecule has 2 atom stereocenters. The molecule has 1 saturated carbocycles. The number of hydrogen-bond acceptors (Lipinski definition) is 4. The molecule has 4 heteroatoms. The highest BCUT2D eigenvalue weighted by molar-refractivity contribution is 5.67. The molecular weight excluding hydrogens is 184 g/mol. The van der Waals surface area contributed by atoms with Gasteiger partial charge in [-0.05, 0) is 6.42 Å². The lowest BCUT2D eigenvalue weighted by molar-refractivity contribution is -0.157. The van der Waals surface area contributed by atoms with Crippen molar-refractivity contribution in [2.75, 3.05) is 6.61 Å². The van der Waals surface area contributed by atoms with Gasteiger partial charge in [-0.1, -0.05) is 12.2 Å². The van der Waals surface area contributed by atoms with Crippen LogP contribution in [0.3, 0.4) is 0 Å². The van der Waals surface area contributed by atoms with Gasteiger partial charge in [-0.15, -0.1) is 0 Å². The molecule has 1 fully saturated rings. The molecule has 0 amide bonds. The molecule has 4 nitrogen and oxygen atoms in total. The second-order valence-electron chi connectivity index (χ2n) is 3.42. The van der Waals surface area contributed by atoms with Crippen molar-refractivity contribution in [3.05, 3.63) is 12.2 Å². The van der Waals surface area contributed by atoms with Gasteiger partial charge in [0.15, 0.2) is 0 Å². The molecule has 78 valence electrons. The second-order valence-corrected chi connectivity index (χ2v) is 3.42. The average molecular weight is 198 g/mol. The standard InChI is InChI=1S/C10H14O4/c1-6-4-9(6)10(14-8(3)12)5-13-7(2)11/h9-10H,1,4-5H2,2-3H3/t9-,10+/m1/s1. The van der Waals surface area contributed by atoms with Gasteiger partial charge in [0.1, 0.15) is 12.7 Å². The van der Waals surface area contributed by atoms with E-state index in [1.807, 2.05) is 0 Å². The Labute approximate surface area is 82.9 Å². The molecule has 0 saturated heterocycles. The summed E-state index contributed by atoms with van der Waals surface area (Å²) in [6.07, 6.45) is 0.489. The summed E-state index contributed by atoms with van der Waals surface area (Å²) in [4.78, 5) is 21.3. The predicted molar refractivity (Wildman–Crippen MR) is 49.4 cm³/mol. The van der Waals surface area contributed by atoms with Crippen LogP contribution in [0.2, 0.25) is 0 Å². The minimum absolute atomic E-state index is 0.124. The van der Waals surface area contributed by atoms with Gasteiger partial charge in [0.05, 0.1) is 0 Å². The highest BCUT2D eigenvalue weighted by Crippen LogP contribution is 2.40.